The first-order valence-electron chi connectivity index (χ1n) is 7.44. The van der Waals surface area contributed by atoms with Gasteiger partial charge in [-0.3, -0.25) is 4.57 Å². The molecule has 0 bridgehead atoms. The van der Waals surface area contributed by atoms with E-state index in [2.05, 4.69) is 4.98 Å². The fourth-order valence-electron chi connectivity index (χ4n) is 2.29. The highest BCUT2D eigenvalue weighted by molar-refractivity contribution is 5.89. The first-order chi connectivity index (χ1) is 11.6. The van der Waals surface area contributed by atoms with Gasteiger partial charge in [0.25, 0.3) is 0 Å². The molecule has 2 N–H and O–H groups in total. The zero-order valence-electron chi connectivity index (χ0n) is 12.8. The Balaban J connectivity index is 1.49. The maximum Gasteiger partial charge on any atom is 0.349 e. The van der Waals surface area contributed by atoms with Gasteiger partial charge in [-0.15, -0.1) is 0 Å². The molecule has 126 valence electrons. The van der Waals surface area contributed by atoms with Gasteiger partial charge in [0.15, 0.2) is 6.29 Å². The molecule has 2 aromatic rings. The molecule has 1 aliphatic rings. The maximum absolute atomic E-state index is 11.9. The van der Waals surface area contributed by atoms with Crippen molar-refractivity contribution in [1.29, 1.82) is 0 Å². The van der Waals surface area contributed by atoms with Crippen LogP contribution in [-0.4, -0.2) is 41.1 Å². The number of hydrogen-bond acceptors (Lipinski definition) is 7. The lowest BCUT2D eigenvalue weighted by molar-refractivity contribution is -0.0940. The number of hydrogen-bond donors (Lipinski definition) is 1. The van der Waals surface area contributed by atoms with E-state index in [-0.39, 0.29) is 25.1 Å². The summed E-state index contributed by atoms with van der Waals surface area (Å²) in [5.74, 6) is -0.268. The molecular weight excluding hydrogens is 314 g/mol. The number of benzene rings is 1. The van der Waals surface area contributed by atoms with E-state index in [1.807, 2.05) is 6.07 Å². The van der Waals surface area contributed by atoms with Gasteiger partial charge in [-0.05, 0) is 18.2 Å². The molecular formula is C16H17N3O5. The number of aromatic nitrogens is 2. The minimum atomic E-state index is -0.653. The van der Waals surface area contributed by atoms with Crippen molar-refractivity contribution in [1.82, 2.24) is 9.55 Å². The summed E-state index contributed by atoms with van der Waals surface area (Å²) in [6.45, 7) is 0.568. The van der Waals surface area contributed by atoms with Crippen LogP contribution in [0, 0.1) is 0 Å². The molecule has 0 spiro atoms. The fraction of sp³-hybridized carbons (Fsp3) is 0.312. The molecule has 3 rings (SSSR count). The largest absolute Gasteiger partial charge is 0.457 e. The van der Waals surface area contributed by atoms with E-state index in [1.165, 1.54) is 10.6 Å². The van der Waals surface area contributed by atoms with Crippen molar-refractivity contribution < 1.29 is 19.0 Å². The quantitative estimate of drug-likeness (QED) is 0.792. The Morgan fingerprint density at radius 1 is 1.33 bits per heavy atom. The van der Waals surface area contributed by atoms with Crippen molar-refractivity contribution in [2.45, 2.75) is 18.9 Å². The molecule has 24 heavy (non-hydrogen) atoms. The molecule has 1 fully saturated rings. The Morgan fingerprint density at radius 2 is 2.12 bits per heavy atom. The van der Waals surface area contributed by atoms with E-state index >= 15 is 0 Å². The molecule has 2 atom stereocenters. The van der Waals surface area contributed by atoms with Crippen molar-refractivity contribution in [2.24, 2.45) is 0 Å². The summed E-state index contributed by atoms with van der Waals surface area (Å²) >= 11 is 0. The fourth-order valence-corrected chi connectivity index (χ4v) is 2.29. The second-order valence-corrected chi connectivity index (χ2v) is 5.27. The molecule has 1 saturated heterocycles. The second kappa shape index (κ2) is 7.24. The predicted octanol–water partition coefficient (Wildman–Crippen LogP) is 0.424. The third-order valence-electron chi connectivity index (χ3n) is 3.47. The SMILES string of the molecule is Nc1ccn(C[C@H]2CO[C@H](COC(=O)c3ccccc3)O2)c(=O)n1. The normalized spacial score (nSPS) is 20.0. The van der Waals surface area contributed by atoms with Crippen LogP contribution in [0.1, 0.15) is 10.4 Å². The van der Waals surface area contributed by atoms with E-state index < -0.39 is 17.9 Å². The highest BCUT2D eigenvalue weighted by atomic mass is 16.7. The number of anilines is 1. The van der Waals surface area contributed by atoms with Crippen molar-refractivity contribution >= 4 is 11.8 Å². The average Bonchev–Trinajstić information content (AvgIpc) is 3.03. The Hall–Kier alpha value is -2.71. The summed E-state index contributed by atoms with van der Waals surface area (Å²) < 4.78 is 17.6. The molecule has 0 radical (unpaired) electrons. The van der Waals surface area contributed by atoms with Gasteiger partial charge >= 0.3 is 11.7 Å². The number of esters is 1. The van der Waals surface area contributed by atoms with E-state index in [4.69, 9.17) is 19.9 Å². The molecule has 0 aliphatic carbocycles. The summed E-state index contributed by atoms with van der Waals surface area (Å²) in [6.07, 6.45) is 0.574. The molecule has 1 aliphatic heterocycles. The number of carbonyl (C=O) groups excluding carboxylic acids is 1. The van der Waals surface area contributed by atoms with Crippen molar-refractivity contribution in [3.8, 4) is 0 Å². The summed E-state index contributed by atoms with van der Waals surface area (Å²) in [6, 6.07) is 10.2. The topological polar surface area (TPSA) is 106 Å². The molecule has 0 saturated carbocycles. The maximum atomic E-state index is 11.9. The van der Waals surface area contributed by atoms with E-state index in [1.54, 1.807) is 30.5 Å². The van der Waals surface area contributed by atoms with Crippen LogP contribution in [0.5, 0.6) is 0 Å². The Morgan fingerprint density at radius 3 is 2.88 bits per heavy atom. The van der Waals surface area contributed by atoms with Gasteiger partial charge in [0, 0.05) is 6.20 Å². The van der Waals surface area contributed by atoms with Gasteiger partial charge in [-0.2, -0.15) is 4.98 Å². The minimum Gasteiger partial charge on any atom is -0.457 e. The molecule has 8 nitrogen and oxygen atoms in total. The third kappa shape index (κ3) is 3.98. The average molecular weight is 331 g/mol. The highest BCUT2D eigenvalue weighted by Crippen LogP contribution is 2.14. The van der Waals surface area contributed by atoms with Gasteiger partial charge < -0.3 is 19.9 Å². The number of carbonyl (C=O) groups is 1. The smallest absolute Gasteiger partial charge is 0.349 e. The van der Waals surface area contributed by atoms with Crippen LogP contribution >= 0.6 is 0 Å². The van der Waals surface area contributed by atoms with Crippen molar-refractivity contribution in [2.75, 3.05) is 18.9 Å². The number of nitrogen functional groups attached to an aromatic ring is 1. The van der Waals surface area contributed by atoms with Crippen LogP contribution < -0.4 is 11.4 Å². The predicted molar refractivity (Wildman–Crippen MR) is 84.2 cm³/mol. The van der Waals surface area contributed by atoms with Gasteiger partial charge in [0.2, 0.25) is 0 Å². The second-order valence-electron chi connectivity index (χ2n) is 5.27. The zero-order valence-corrected chi connectivity index (χ0v) is 12.8. The molecule has 0 amide bonds. The zero-order chi connectivity index (χ0) is 16.9. The van der Waals surface area contributed by atoms with Crippen LogP contribution in [0.4, 0.5) is 5.82 Å². The first kappa shape index (κ1) is 16.2. The van der Waals surface area contributed by atoms with Crippen LogP contribution in [0.3, 0.4) is 0 Å². The Kier molecular flexibility index (Phi) is 4.88. The summed E-state index contributed by atoms with van der Waals surface area (Å²) in [5.41, 5.74) is 5.46. The van der Waals surface area contributed by atoms with Crippen LogP contribution in [0.2, 0.25) is 0 Å². The van der Waals surface area contributed by atoms with E-state index in [0.29, 0.717) is 12.2 Å². The highest BCUT2D eigenvalue weighted by Gasteiger charge is 2.27. The van der Waals surface area contributed by atoms with Crippen LogP contribution in [-0.2, 0) is 20.8 Å². The standard InChI is InChI=1S/C16H17N3O5/c17-13-6-7-19(16(21)18-13)8-12-9-22-14(24-12)10-23-15(20)11-4-2-1-3-5-11/h1-7,12,14H,8-10H2,(H2,17,18,21)/t12-,14-/m0/s1. The number of nitrogens with zero attached hydrogens (tertiary/aromatic N) is 2. The third-order valence-corrected chi connectivity index (χ3v) is 3.47. The first-order valence-corrected chi connectivity index (χ1v) is 7.44. The lowest BCUT2D eigenvalue weighted by atomic mass is 10.2. The molecule has 8 heteroatoms. The van der Waals surface area contributed by atoms with Crippen molar-refractivity contribution in [3.05, 3.63) is 58.6 Å². The van der Waals surface area contributed by atoms with Gasteiger partial charge in [-0.1, -0.05) is 18.2 Å². The minimum absolute atomic E-state index is 0.0148. The number of nitrogens with two attached hydrogens (primary N) is 1. The molecule has 1 aromatic heterocycles. The van der Waals surface area contributed by atoms with E-state index in [9.17, 15) is 9.59 Å². The molecule has 1 aromatic carbocycles. The van der Waals surface area contributed by atoms with Crippen LogP contribution in [0.25, 0.3) is 0 Å². The van der Waals surface area contributed by atoms with Gasteiger partial charge in [0.05, 0.1) is 18.7 Å². The van der Waals surface area contributed by atoms with Gasteiger partial charge in [0.1, 0.15) is 18.5 Å². The van der Waals surface area contributed by atoms with E-state index in [0.717, 1.165) is 0 Å². The lowest BCUT2D eigenvalue weighted by Gasteiger charge is -2.13. The lowest BCUT2D eigenvalue weighted by Crippen LogP contribution is -2.30. The Labute approximate surface area is 137 Å². The summed E-state index contributed by atoms with van der Waals surface area (Å²) in [4.78, 5) is 27.2. The number of ether oxygens (including phenoxy) is 3. The Bertz CT molecular complexity index is 762. The molecule has 0 unspecified atom stereocenters. The number of rotatable bonds is 5. The summed E-state index contributed by atoms with van der Waals surface area (Å²) in [7, 11) is 0. The van der Waals surface area contributed by atoms with Gasteiger partial charge in [-0.25, -0.2) is 9.59 Å². The molecule has 2 heterocycles. The van der Waals surface area contributed by atoms with Crippen molar-refractivity contribution in [3.63, 3.8) is 0 Å². The van der Waals surface area contributed by atoms with Crippen LogP contribution in [0.15, 0.2) is 47.4 Å². The summed E-state index contributed by atoms with van der Waals surface area (Å²) in [5, 5.41) is 0. The monoisotopic (exact) mass is 331 g/mol.